The van der Waals surface area contributed by atoms with E-state index in [9.17, 15) is 14.9 Å². The van der Waals surface area contributed by atoms with Crippen LogP contribution in [-0.2, 0) is 0 Å². The number of halogens is 1. The van der Waals surface area contributed by atoms with Crippen LogP contribution in [0, 0.1) is 17.0 Å². The van der Waals surface area contributed by atoms with E-state index in [1.165, 1.54) is 18.2 Å². The number of nitrogens with two attached hydrogens (primary N) is 1. The summed E-state index contributed by atoms with van der Waals surface area (Å²) >= 11 is 3.37. The number of carbonyl (C=O) groups excluding carboxylic acids is 1. The average Bonchev–Trinajstić information content (AvgIpc) is 2.43. The Kier molecular flexibility index (Phi) is 4.23. The summed E-state index contributed by atoms with van der Waals surface area (Å²) in [5, 5.41) is 13.5. The quantitative estimate of drug-likeness (QED) is 0.503. The van der Waals surface area contributed by atoms with Gasteiger partial charge in [-0.05, 0) is 30.7 Å². The third-order valence-electron chi connectivity index (χ3n) is 3.04. The zero-order valence-corrected chi connectivity index (χ0v) is 12.7. The number of nitro benzene ring substituents is 1. The van der Waals surface area contributed by atoms with Crippen LogP contribution < -0.4 is 11.1 Å². The molecule has 0 aliphatic heterocycles. The first kappa shape index (κ1) is 15.0. The molecule has 3 N–H and O–H groups in total. The maximum Gasteiger partial charge on any atom is 0.292 e. The number of para-hydroxylation sites is 1. The van der Waals surface area contributed by atoms with Crippen LogP contribution in [0.3, 0.4) is 0 Å². The standard InChI is InChI=1S/C14H12BrN3O3/c1-8-10(15)5-3-6-11(8)17-14(19)9-4-2-7-12(13(9)16)18(20)21/h2-7H,16H2,1H3,(H,17,19). The lowest BCUT2D eigenvalue weighted by Crippen LogP contribution is -2.15. The lowest BCUT2D eigenvalue weighted by molar-refractivity contribution is -0.383. The van der Waals surface area contributed by atoms with E-state index < -0.39 is 10.8 Å². The van der Waals surface area contributed by atoms with Crippen LogP contribution >= 0.6 is 15.9 Å². The number of benzene rings is 2. The van der Waals surface area contributed by atoms with Gasteiger partial charge in [0.1, 0.15) is 5.69 Å². The predicted molar refractivity (Wildman–Crippen MR) is 84.3 cm³/mol. The summed E-state index contributed by atoms with van der Waals surface area (Å²) in [6.07, 6.45) is 0. The predicted octanol–water partition coefficient (Wildman–Crippen LogP) is 3.50. The third-order valence-corrected chi connectivity index (χ3v) is 3.90. The minimum atomic E-state index is -0.615. The molecular formula is C14H12BrN3O3. The van der Waals surface area contributed by atoms with E-state index in [0.717, 1.165) is 10.0 Å². The SMILES string of the molecule is Cc1c(Br)cccc1NC(=O)c1cccc([N+](=O)[O-])c1N. The molecule has 1 amide bonds. The summed E-state index contributed by atoms with van der Waals surface area (Å²) in [5.74, 6) is -0.489. The van der Waals surface area contributed by atoms with Crippen LogP contribution in [0.4, 0.5) is 17.1 Å². The van der Waals surface area contributed by atoms with Crippen molar-refractivity contribution in [1.29, 1.82) is 0 Å². The molecule has 2 rings (SSSR count). The number of nitrogens with zero attached hydrogens (tertiary/aromatic N) is 1. The molecule has 0 saturated heterocycles. The van der Waals surface area contributed by atoms with Gasteiger partial charge in [-0.15, -0.1) is 0 Å². The highest BCUT2D eigenvalue weighted by molar-refractivity contribution is 9.10. The molecule has 0 heterocycles. The molecule has 0 aliphatic rings. The number of rotatable bonds is 3. The Labute approximate surface area is 129 Å². The molecule has 0 fully saturated rings. The van der Waals surface area contributed by atoms with Crippen molar-refractivity contribution in [2.45, 2.75) is 6.92 Å². The summed E-state index contributed by atoms with van der Waals surface area (Å²) in [6, 6.07) is 9.51. The molecular weight excluding hydrogens is 338 g/mol. The molecule has 0 atom stereocenters. The van der Waals surface area contributed by atoms with Gasteiger partial charge in [0.05, 0.1) is 10.5 Å². The number of nitrogens with one attached hydrogen (secondary N) is 1. The molecule has 108 valence electrons. The van der Waals surface area contributed by atoms with Crippen molar-refractivity contribution in [3.05, 3.63) is 62.1 Å². The molecule has 0 aromatic heterocycles. The minimum Gasteiger partial charge on any atom is -0.393 e. The van der Waals surface area contributed by atoms with Crippen LogP contribution in [0.15, 0.2) is 40.9 Å². The van der Waals surface area contributed by atoms with E-state index >= 15 is 0 Å². The topological polar surface area (TPSA) is 98.3 Å². The molecule has 21 heavy (non-hydrogen) atoms. The monoisotopic (exact) mass is 349 g/mol. The van der Waals surface area contributed by atoms with Crippen molar-refractivity contribution < 1.29 is 9.72 Å². The van der Waals surface area contributed by atoms with Crippen LogP contribution in [0.2, 0.25) is 0 Å². The minimum absolute atomic E-state index is 0.0728. The Morgan fingerprint density at radius 2 is 1.95 bits per heavy atom. The fourth-order valence-electron chi connectivity index (χ4n) is 1.84. The summed E-state index contributed by atoms with van der Waals surface area (Å²) in [6.45, 7) is 1.84. The van der Waals surface area contributed by atoms with Gasteiger partial charge in [-0.1, -0.05) is 28.1 Å². The average molecular weight is 350 g/mol. The highest BCUT2D eigenvalue weighted by atomic mass is 79.9. The number of nitro groups is 1. The Hall–Kier alpha value is -2.41. The molecule has 0 bridgehead atoms. The zero-order chi connectivity index (χ0) is 15.6. The smallest absolute Gasteiger partial charge is 0.292 e. The van der Waals surface area contributed by atoms with Crippen molar-refractivity contribution in [3.63, 3.8) is 0 Å². The molecule has 2 aromatic rings. The Bertz CT molecular complexity index is 731. The van der Waals surface area contributed by atoms with Crippen LogP contribution in [0.1, 0.15) is 15.9 Å². The largest absolute Gasteiger partial charge is 0.393 e. The van der Waals surface area contributed by atoms with Gasteiger partial charge < -0.3 is 11.1 Å². The van der Waals surface area contributed by atoms with E-state index in [4.69, 9.17) is 5.73 Å². The molecule has 7 heteroatoms. The van der Waals surface area contributed by atoms with Gasteiger partial charge >= 0.3 is 0 Å². The highest BCUT2D eigenvalue weighted by Gasteiger charge is 2.19. The summed E-state index contributed by atoms with van der Waals surface area (Å²) in [7, 11) is 0. The van der Waals surface area contributed by atoms with Gasteiger partial charge in [0.2, 0.25) is 0 Å². The summed E-state index contributed by atoms with van der Waals surface area (Å²) < 4.78 is 0.854. The van der Waals surface area contributed by atoms with E-state index in [0.29, 0.717) is 5.69 Å². The highest BCUT2D eigenvalue weighted by Crippen LogP contribution is 2.27. The zero-order valence-electron chi connectivity index (χ0n) is 11.1. The summed E-state index contributed by atoms with van der Waals surface area (Å²) in [5.41, 5.74) is 6.81. The second-order valence-electron chi connectivity index (χ2n) is 4.36. The lowest BCUT2D eigenvalue weighted by atomic mass is 10.1. The molecule has 6 nitrogen and oxygen atoms in total. The first-order valence-corrected chi connectivity index (χ1v) is 6.80. The molecule has 0 radical (unpaired) electrons. The van der Waals surface area contributed by atoms with Gasteiger partial charge in [-0.25, -0.2) is 0 Å². The van der Waals surface area contributed by atoms with E-state index in [2.05, 4.69) is 21.2 Å². The van der Waals surface area contributed by atoms with E-state index in [1.807, 2.05) is 13.0 Å². The van der Waals surface area contributed by atoms with Crippen molar-refractivity contribution in [3.8, 4) is 0 Å². The second kappa shape index (κ2) is 5.92. The number of amides is 1. The molecule has 0 spiro atoms. The van der Waals surface area contributed by atoms with Crippen molar-refractivity contribution in [2.24, 2.45) is 0 Å². The number of carbonyl (C=O) groups is 1. The maximum absolute atomic E-state index is 12.2. The van der Waals surface area contributed by atoms with Gasteiger partial charge in [0.15, 0.2) is 0 Å². The fraction of sp³-hybridized carbons (Fsp3) is 0.0714. The first-order chi connectivity index (χ1) is 9.91. The normalized spacial score (nSPS) is 10.2. The Balaban J connectivity index is 2.35. The second-order valence-corrected chi connectivity index (χ2v) is 5.22. The molecule has 0 saturated carbocycles. The lowest BCUT2D eigenvalue weighted by Gasteiger charge is -2.11. The molecule has 0 unspecified atom stereocenters. The van der Waals surface area contributed by atoms with Crippen LogP contribution in [0.5, 0.6) is 0 Å². The van der Waals surface area contributed by atoms with Crippen LogP contribution in [-0.4, -0.2) is 10.8 Å². The van der Waals surface area contributed by atoms with Crippen molar-refractivity contribution in [2.75, 3.05) is 11.1 Å². The number of nitrogen functional groups attached to an aromatic ring is 1. The fourth-order valence-corrected chi connectivity index (χ4v) is 2.21. The Morgan fingerprint density at radius 3 is 2.62 bits per heavy atom. The number of hydrogen-bond donors (Lipinski definition) is 2. The van der Waals surface area contributed by atoms with Gasteiger partial charge in [0.25, 0.3) is 11.6 Å². The van der Waals surface area contributed by atoms with Crippen molar-refractivity contribution >= 4 is 38.9 Å². The third kappa shape index (κ3) is 3.03. The number of anilines is 2. The van der Waals surface area contributed by atoms with Crippen molar-refractivity contribution in [1.82, 2.24) is 0 Å². The number of hydrogen-bond acceptors (Lipinski definition) is 4. The maximum atomic E-state index is 12.2. The van der Waals surface area contributed by atoms with Gasteiger partial charge in [-0.3, -0.25) is 14.9 Å². The van der Waals surface area contributed by atoms with E-state index in [1.54, 1.807) is 12.1 Å². The Morgan fingerprint density at radius 1 is 1.29 bits per heavy atom. The summed E-state index contributed by atoms with van der Waals surface area (Å²) in [4.78, 5) is 22.5. The molecule has 2 aromatic carbocycles. The van der Waals surface area contributed by atoms with Crippen LogP contribution in [0.25, 0.3) is 0 Å². The first-order valence-electron chi connectivity index (χ1n) is 6.01. The van der Waals surface area contributed by atoms with E-state index in [-0.39, 0.29) is 16.9 Å². The molecule has 0 aliphatic carbocycles. The van der Waals surface area contributed by atoms with Gasteiger partial charge in [-0.2, -0.15) is 0 Å². The van der Waals surface area contributed by atoms with Gasteiger partial charge in [0, 0.05) is 16.2 Å².